The fraction of sp³-hybridized carbons (Fsp3) is 0.211. The Labute approximate surface area is 150 Å². The minimum absolute atomic E-state index is 0.153. The van der Waals surface area contributed by atoms with Crippen LogP contribution in [0.1, 0.15) is 28.5 Å². The van der Waals surface area contributed by atoms with Crippen molar-refractivity contribution in [1.29, 1.82) is 0 Å². The summed E-state index contributed by atoms with van der Waals surface area (Å²) >= 11 is 5.94. The smallest absolute Gasteiger partial charge is 0.379 e. The molecule has 0 aliphatic rings. The Kier molecular flexibility index (Phi) is 4.86. The number of hydrogen-bond donors (Lipinski definition) is 0. The first-order valence-corrected chi connectivity index (χ1v) is 8.30. The Hall–Kier alpha value is -2.66. The van der Waals surface area contributed by atoms with Gasteiger partial charge < -0.3 is 9.30 Å². The molecule has 2 aromatic heterocycles. The van der Waals surface area contributed by atoms with Crippen molar-refractivity contribution < 1.29 is 14.3 Å². The minimum atomic E-state index is -0.859. The average molecular weight is 357 g/mol. The Morgan fingerprint density at radius 1 is 1.20 bits per heavy atom. The molecule has 3 rings (SSSR count). The molecule has 0 radical (unpaired) electrons. The Balaban J connectivity index is 2.10. The van der Waals surface area contributed by atoms with Crippen LogP contribution in [0.3, 0.4) is 0 Å². The van der Waals surface area contributed by atoms with Crippen LogP contribution in [0.2, 0.25) is 5.02 Å². The monoisotopic (exact) mass is 356 g/mol. The molecule has 6 heteroatoms. The van der Waals surface area contributed by atoms with Crippen molar-refractivity contribution in [3.63, 3.8) is 0 Å². The van der Waals surface area contributed by atoms with E-state index >= 15 is 0 Å². The summed E-state index contributed by atoms with van der Waals surface area (Å²) in [4.78, 5) is 28.8. The van der Waals surface area contributed by atoms with Gasteiger partial charge in [-0.2, -0.15) is 0 Å². The number of aromatic nitrogens is 2. The van der Waals surface area contributed by atoms with Crippen LogP contribution < -0.4 is 0 Å². The molecule has 0 saturated heterocycles. The van der Waals surface area contributed by atoms with Gasteiger partial charge in [-0.1, -0.05) is 23.7 Å². The van der Waals surface area contributed by atoms with Crippen molar-refractivity contribution in [1.82, 2.24) is 9.55 Å². The quantitative estimate of drug-likeness (QED) is 0.396. The summed E-state index contributed by atoms with van der Waals surface area (Å²) in [6, 6.07) is 11.2. The lowest BCUT2D eigenvalue weighted by Gasteiger charge is -2.09. The minimum Gasteiger partial charge on any atom is -0.460 e. The normalized spacial score (nSPS) is 10.8. The second kappa shape index (κ2) is 7.07. The standard InChI is InChI=1S/C19H17ClN2O3/c1-3-25-19(24)18(23)16-12(2)22(15-5-4-10-21-17(15)16)11-13-6-8-14(20)9-7-13/h4-10H,3,11H2,1-2H3. The van der Waals surface area contributed by atoms with E-state index in [2.05, 4.69) is 4.98 Å². The van der Waals surface area contributed by atoms with Crippen LogP contribution in [-0.4, -0.2) is 27.9 Å². The summed E-state index contributed by atoms with van der Waals surface area (Å²) in [5, 5.41) is 0.665. The van der Waals surface area contributed by atoms with E-state index in [1.807, 2.05) is 41.8 Å². The van der Waals surface area contributed by atoms with E-state index in [0.29, 0.717) is 28.3 Å². The molecule has 5 nitrogen and oxygen atoms in total. The third kappa shape index (κ3) is 3.28. The molecule has 0 saturated carbocycles. The van der Waals surface area contributed by atoms with Crippen molar-refractivity contribution in [2.24, 2.45) is 0 Å². The molecule has 0 aliphatic carbocycles. The number of ketones is 1. The largest absolute Gasteiger partial charge is 0.460 e. The van der Waals surface area contributed by atoms with Gasteiger partial charge in [-0.3, -0.25) is 9.78 Å². The molecular weight excluding hydrogens is 340 g/mol. The SMILES string of the molecule is CCOC(=O)C(=O)c1c(C)n(Cc2ccc(Cl)cc2)c2cccnc12. The van der Waals surface area contributed by atoms with Gasteiger partial charge in [-0.25, -0.2) is 4.79 Å². The maximum atomic E-state index is 12.5. The second-order valence-corrected chi connectivity index (χ2v) is 6.03. The van der Waals surface area contributed by atoms with Crippen LogP contribution in [-0.2, 0) is 16.1 Å². The van der Waals surface area contributed by atoms with Gasteiger partial charge >= 0.3 is 5.97 Å². The number of Topliss-reactive ketones (excluding diaryl/α,β-unsaturated/α-hetero) is 1. The molecule has 0 fully saturated rings. The van der Waals surface area contributed by atoms with E-state index in [0.717, 1.165) is 11.1 Å². The van der Waals surface area contributed by atoms with E-state index < -0.39 is 11.8 Å². The maximum absolute atomic E-state index is 12.5. The predicted molar refractivity (Wildman–Crippen MR) is 96.0 cm³/mol. The summed E-state index contributed by atoms with van der Waals surface area (Å²) < 4.78 is 6.83. The molecule has 0 atom stereocenters. The van der Waals surface area contributed by atoms with Gasteiger partial charge in [0.1, 0.15) is 0 Å². The van der Waals surface area contributed by atoms with Gasteiger partial charge in [-0.05, 0) is 43.7 Å². The first-order valence-electron chi connectivity index (χ1n) is 7.92. The van der Waals surface area contributed by atoms with E-state index in [9.17, 15) is 9.59 Å². The van der Waals surface area contributed by atoms with E-state index in [1.54, 1.807) is 19.2 Å². The number of hydrogen-bond acceptors (Lipinski definition) is 4. The Morgan fingerprint density at radius 3 is 2.60 bits per heavy atom. The van der Waals surface area contributed by atoms with Crippen molar-refractivity contribution in [2.75, 3.05) is 6.61 Å². The number of carbonyl (C=O) groups is 2. The fourth-order valence-electron chi connectivity index (χ4n) is 2.84. The number of halogens is 1. The van der Waals surface area contributed by atoms with E-state index in [4.69, 9.17) is 16.3 Å². The topological polar surface area (TPSA) is 61.2 Å². The first-order chi connectivity index (χ1) is 12.0. The highest BCUT2D eigenvalue weighted by Gasteiger charge is 2.26. The Bertz CT molecular complexity index is 945. The van der Waals surface area contributed by atoms with Crippen molar-refractivity contribution >= 4 is 34.4 Å². The van der Waals surface area contributed by atoms with Crippen LogP contribution in [0.5, 0.6) is 0 Å². The van der Waals surface area contributed by atoms with E-state index in [-0.39, 0.29) is 6.61 Å². The number of fused-ring (bicyclic) bond motifs is 1. The van der Waals surface area contributed by atoms with Gasteiger partial charge in [0.25, 0.3) is 5.78 Å². The average Bonchev–Trinajstić information content (AvgIpc) is 2.88. The number of rotatable bonds is 5. The molecule has 0 aliphatic heterocycles. The molecule has 0 spiro atoms. The van der Waals surface area contributed by atoms with Gasteiger partial charge in [0.15, 0.2) is 0 Å². The molecule has 1 aromatic carbocycles. The molecule has 0 unspecified atom stereocenters. The molecule has 0 N–H and O–H groups in total. The van der Waals surface area contributed by atoms with Crippen LogP contribution in [0.25, 0.3) is 11.0 Å². The molecule has 3 aromatic rings. The number of ether oxygens (including phenoxy) is 1. The lowest BCUT2D eigenvalue weighted by Crippen LogP contribution is -2.18. The van der Waals surface area contributed by atoms with Crippen LogP contribution >= 0.6 is 11.6 Å². The molecule has 0 amide bonds. The molecule has 128 valence electrons. The van der Waals surface area contributed by atoms with Crippen LogP contribution in [0, 0.1) is 6.92 Å². The van der Waals surface area contributed by atoms with E-state index in [1.165, 1.54) is 0 Å². The van der Waals surface area contributed by atoms with Gasteiger partial charge in [0, 0.05) is 23.5 Å². The molecule has 2 heterocycles. The second-order valence-electron chi connectivity index (χ2n) is 5.59. The molecular formula is C19H17ClN2O3. The van der Waals surface area contributed by atoms with Crippen molar-refractivity contribution in [3.8, 4) is 0 Å². The summed E-state index contributed by atoms with van der Waals surface area (Å²) in [6.07, 6.45) is 1.61. The number of pyridine rings is 1. The van der Waals surface area contributed by atoms with Crippen LogP contribution in [0.15, 0.2) is 42.6 Å². The summed E-state index contributed by atoms with van der Waals surface area (Å²) in [6.45, 7) is 4.17. The third-order valence-electron chi connectivity index (χ3n) is 4.02. The highest BCUT2D eigenvalue weighted by atomic mass is 35.5. The highest BCUT2D eigenvalue weighted by molar-refractivity contribution is 6.43. The Morgan fingerprint density at radius 2 is 1.92 bits per heavy atom. The zero-order chi connectivity index (χ0) is 18.0. The van der Waals surface area contributed by atoms with Crippen LogP contribution in [0.4, 0.5) is 0 Å². The van der Waals surface area contributed by atoms with Gasteiger partial charge in [0.05, 0.1) is 23.2 Å². The van der Waals surface area contributed by atoms with Crippen molar-refractivity contribution in [2.45, 2.75) is 20.4 Å². The van der Waals surface area contributed by atoms with Gasteiger partial charge in [0.2, 0.25) is 0 Å². The summed E-state index contributed by atoms with van der Waals surface area (Å²) in [7, 11) is 0. The lowest BCUT2D eigenvalue weighted by atomic mass is 10.1. The third-order valence-corrected chi connectivity index (χ3v) is 4.27. The predicted octanol–water partition coefficient (Wildman–Crippen LogP) is 3.79. The number of benzene rings is 1. The fourth-order valence-corrected chi connectivity index (χ4v) is 2.97. The molecule has 0 bridgehead atoms. The number of nitrogens with zero attached hydrogens (tertiary/aromatic N) is 2. The highest BCUT2D eigenvalue weighted by Crippen LogP contribution is 2.26. The van der Waals surface area contributed by atoms with Gasteiger partial charge in [-0.15, -0.1) is 0 Å². The summed E-state index contributed by atoms with van der Waals surface area (Å²) in [5.41, 5.74) is 3.31. The number of esters is 1. The first kappa shape index (κ1) is 17.2. The lowest BCUT2D eigenvalue weighted by molar-refractivity contribution is -0.137. The number of carbonyl (C=O) groups excluding carboxylic acids is 2. The zero-order valence-electron chi connectivity index (χ0n) is 14.0. The summed E-state index contributed by atoms with van der Waals surface area (Å²) in [5.74, 6) is -1.53. The maximum Gasteiger partial charge on any atom is 0.379 e. The van der Waals surface area contributed by atoms with Crippen molar-refractivity contribution in [3.05, 3.63) is 64.4 Å². The molecule has 25 heavy (non-hydrogen) atoms. The zero-order valence-corrected chi connectivity index (χ0v) is 14.7.